The summed E-state index contributed by atoms with van der Waals surface area (Å²) in [5.41, 5.74) is 0. The largest absolute Gasteiger partial charge is 0.475 e. The minimum absolute atomic E-state index is 0.237. The third-order valence-electron chi connectivity index (χ3n) is 1.85. The number of rotatable bonds is 3. The molecule has 1 aromatic carbocycles. The van der Waals surface area contributed by atoms with Gasteiger partial charge in [-0.25, -0.2) is 19.2 Å². The number of benzene rings is 1. The molecule has 6 heteroatoms. The average molecular weight is 234 g/mol. The lowest BCUT2D eigenvalue weighted by molar-refractivity contribution is 0.0683. The standard InChI is InChI=1S/C11H7FN2O3/c12-7-2-1-3-8(4-7)17-9-5-13-10(11(15)16)14-6-9/h1-6H,(H,15,16). The van der Waals surface area contributed by atoms with Gasteiger partial charge in [-0.2, -0.15) is 0 Å². The molecular formula is C11H7FN2O3. The van der Waals surface area contributed by atoms with Crippen molar-refractivity contribution in [1.29, 1.82) is 0 Å². The van der Waals surface area contributed by atoms with Crippen LogP contribution < -0.4 is 4.74 Å². The number of halogens is 1. The van der Waals surface area contributed by atoms with E-state index >= 15 is 0 Å². The molecule has 0 aliphatic heterocycles. The van der Waals surface area contributed by atoms with Crippen molar-refractivity contribution in [2.75, 3.05) is 0 Å². The van der Waals surface area contributed by atoms with Gasteiger partial charge in [-0.05, 0) is 12.1 Å². The van der Waals surface area contributed by atoms with Crippen molar-refractivity contribution >= 4 is 5.97 Å². The van der Waals surface area contributed by atoms with E-state index in [0.717, 1.165) is 0 Å². The van der Waals surface area contributed by atoms with Crippen molar-refractivity contribution in [1.82, 2.24) is 9.97 Å². The Kier molecular flexibility index (Phi) is 2.95. The minimum atomic E-state index is -1.22. The number of nitrogens with zero attached hydrogens (tertiary/aromatic N) is 2. The van der Waals surface area contributed by atoms with E-state index in [1.54, 1.807) is 6.07 Å². The summed E-state index contributed by atoms with van der Waals surface area (Å²) in [6.45, 7) is 0. The highest BCUT2D eigenvalue weighted by Gasteiger charge is 2.06. The van der Waals surface area contributed by atoms with Crippen LogP contribution in [0.25, 0.3) is 0 Å². The lowest BCUT2D eigenvalue weighted by atomic mass is 10.3. The normalized spacial score (nSPS) is 9.94. The Morgan fingerprint density at radius 2 is 1.94 bits per heavy atom. The van der Waals surface area contributed by atoms with Gasteiger partial charge in [-0.3, -0.25) is 0 Å². The predicted octanol–water partition coefficient (Wildman–Crippen LogP) is 2.11. The first kappa shape index (κ1) is 11.0. The Labute approximate surface area is 95.5 Å². The van der Waals surface area contributed by atoms with Crippen LogP contribution in [0, 0.1) is 5.82 Å². The summed E-state index contributed by atoms with van der Waals surface area (Å²) in [5, 5.41) is 8.59. The average Bonchev–Trinajstić information content (AvgIpc) is 2.29. The van der Waals surface area contributed by atoms with Crippen LogP contribution in [-0.2, 0) is 0 Å². The fourth-order valence-electron chi connectivity index (χ4n) is 1.15. The third-order valence-corrected chi connectivity index (χ3v) is 1.85. The predicted molar refractivity (Wildman–Crippen MR) is 55.5 cm³/mol. The molecule has 0 spiro atoms. The maximum absolute atomic E-state index is 12.9. The van der Waals surface area contributed by atoms with Crippen LogP contribution >= 0.6 is 0 Å². The van der Waals surface area contributed by atoms with E-state index < -0.39 is 11.8 Å². The van der Waals surface area contributed by atoms with Gasteiger partial charge in [0.15, 0.2) is 5.75 Å². The van der Waals surface area contributed by atoms with Gasteiger partial charge in [0, 0.05) is 6.07 Å². The Bertz CT molecular complexity index is 543. The van der Waals surface area contributed by atoms with Gasteiger partial charge < -0.3 is 9.84 Å². The summed E-state index contributed by atoms with van der Waals surface area (Å²) in [5.74, 6) is -1.44. The van der Waals surface area contributed by atoms with E-state index in [1.807, 2.05) is 0 Å². The van der Waals surface area contributed by atoms with Crippen molar-refractivity contribution in [2.24, 2.45) is 0 Å². The van der Waals surface area contributed by atoms with Crippen LogP contribution in [0.15, 0.2) is 36.7 Å². The molecule has 1 heterocycles. The molecule has 0 saturated heterocycles. The molecule has 1 N–H and O–H groups in total. The van der Waals surface area contributed by atoms with Crippen LogP contribution in [0.5, 0.6) is 11.5 Å². The summed E-state index contributed by atoms with van der Waals surface area (Å²) in [7, 11) is 0. The molecule has 2 aromatic rings. The Balaban J connectivity index is 2.16. The van der Waals surface area contributed by atoms with E-state index in [4.69, 9.17) is 9.84 Å². The van der Waals surface area contributed by atoms with Gasteiger partial charge in [-0.1, -0.05) is 6.07 Å². The van der Waals surface area contributed by atoms with Gasteiger partial charge in [-0.15, -0.1) is 0 Å². The van der Waals surface area contributed by atoms with Crippen LogP contribution in [0.1, 0.15) is 10.6 Å². The Hall–Kier alpha value is -2.50. The minimum Gasteiger partial charge on any atom is -0.475 e. The van der Waals surface area contributed by atoms with Crippen LogP contribution in [-0.4, -0.2) is 21.0 Å². The summed E-state index contributed by atoms with van der Waals surface area (Å²) in [6, 6.07) is 5.55. The smallest absolute Gasteiger partial charge is 0.373 e. The molecular weight excluding hydrogens is 227 g/mol. The first-order chi connectivity index (χ1) is 8.15. The highest BCUT2D eigenvalue weighted by molar-refractivity contribution is 5.82. The maximum atomic E-state index is 12.9. The summed E-state index contributed by atoms with van der Waals surface area (Å²) < 4.78 is 18.1. The molecule has 0 unspecified atom stereocenters. The number of ether oxygens (including phenoxy) is 1. The van der Waals surface area contributed by atoms with E-state index in [0.29, 0.717) is 0 Å². The first-order valence-electron chi connectivity index (χ1n) is 4.64. The lowest BCUT2D eigenvalue weighted by Gasteiger charge is -2.04. The fourth-order valence-corrected chi connectivity index (χ4v) is 1.15. The van der Waals surface area contributed by atoms with Crippen molar-refractivity contribution in [2.45, 2.75) is 0 Å². The van der Waals surface area contributed by atoms with Crippen molar-refractivity contribution in [3.8, 4) is 11.5 Å². The zero-order valence-corrected chi connectivity index (χ0v) is 8.50. The number of aromatic carboxylic acids is 1. The van der Waals surface area contributed by atoms with Gasteiger partial charge in [0.2, 0.25) is 5.82 Å². The molecule has 0 saturated carbocycles. The second-order valence-electron chi connectivity index (χ2n) is 3.11. The quantitative estimate of drug-likeness (QED) is 0.880. The molecule has 2 rings (SSSR count). The topological polar surface area (TPSA) is 72.3 Å². The number of carboxylic acids is 1. The molecule has 0 radical (unpaired) electrons. The fraction of sp³-hybridized carbons (Fsp3) is 0. The van der Waals surface area contributed by atoms with Crippen LogP contribution in [0.3, 0.4) is 0 Å². The van der Waals surface area contributed by atoms with E-state index in [2.05, 4.69) is 9.97 Å². The first-order valence-corrected chi connectivity index (χ1v) is 4.64. The third kappa shape index (κ3) is 2.75. The molecule has 0 atom stereocenters. The number of carboxylic acid groups (broad SMARTS) is 1. The van der Waals surface area contributed by atoms with Crippen molar-refractivity contribution in [3.05, 3.63) is 48.3 Å². The number of carbonyl (C=O) groups is 1. The highest BCUT2D eigenvalue weighted by Crippen LogP contribution is 2.20. The number of hydrogen-bond acceptors (Lipinski definition) is 4. The molecule has 5 nitrogen and oxygen atoms in total. The van der Waals surface area contributed by atoms with Gasteiger partial charge in [0.25, 0.3) is 0 Å². The Morgan fingerprint density at radius 3 is 2.53 bits per heavy atom. The molecule has 0 aliphatic rings. The molecule has 0 bridgehead atoms. The molecule has 0 amide bonds. The van der Waals surface area contributed by atoms with Crippen LogP contribution in [0.4, 0.5) is 4.39 Å². The molecule has 86 valence electrons. The van der Waals surface area contributed by atoms with E-state index in [9.17, 15) is 9.18 Å². The van der Waals surface area contributed by atoms with Crippen LogP contribution in [0.2, 0.25) is 0 Å². The number of aromatic nitrogens is 2. The molecule has 17 heavy (non-hydrogen) atoms. The summed E-state index contributed by atoms with van der Waals surface area (Å²) >= 11 is 0. The van der Waals surface area contributed by atoms with Gasteiger partial charge in [0.05, 0.1) is 12.4 Å². The molecule has 0 fully saturated rings. The van der Waals surface area contributed by atoms with E-state index in [1.165, 1.54) is 30.6 Å². The highest BCUT2D eigenvalue weighted by atomic mass is 19.1. The summed E-state index contributed by atoms with van der Waals surface area (Å²) in [6.07, 6.45) is 2.42. The molecule has 1 aromatic heterocycles. The Morgan fingerprint density at radius 1 is 1.24 bits per heavy atom. The zero-order valence-electron chi connectivity index (χ0n) is 8.50. The second-order valence-corrected chi connectivity index (χ2v) is 3.11. The molecule has 0 aliphatic carbocycles. The maximum Gasteiger partial charge on any atom is 0.373 e. The van der Waals surface area contributed by atoms with Crippen molar-refractivity contribution < 1.29 is 19.0 Å². The number of hydrogen-bond donors (Lipinski definition) is 1. The lowest BCUT2D eigenvalue weighted by Crippen LogP contribution is -2.03. The van der Waals surface area contributed by atoms with Gasteiger partial charge >= 0.3 is 5.97 Å². The van der Waals surface area contributed by atoms with Crippen molar-refractivity contribution in [3.63, 3.8) is 0 Å². The van der Waals surface area contributed by atoms with Gasteiger partial charge in [0.1, 0.15) is 11.6 Å². The SMILES string of the molecule is O=C(O)c1ncc(Oc2cccc(F)c2)cn1. The monoisotopic (exact) mass is 234 g/mol. The zero-order chi connectivity index (χ0) is 12.3. The summed E-state index contributed by atoms with van der Waals surface area (Å²) in [4.78, 5) is 17.6. The second kappa shape index (κ2) is 4.56. The van der Waals surface area contributed by atoms with E-state index in [-0.39, 0.29) is 17.3 Å².